The molecule has 60 heavy (non-hydrogen) atoms. The lowest BCUT2D eigenvalue weighted by Crippen LogP contribution is -2.56. The number of rotatable bonds is 12. The fraction of sp³-hybridized carbons (Fsp3) is 0.511. The highest BCUT2D eigenvalue weighted by atomic mass is 16.5. The number of nitrogens with one attached hydrogen (secondary N) is 3. The number of methoxy groups -OCH3 is 4. The number of aromatic amines is 1. The van der Waals surface area contributed by atoms with Gasteiger partial charge in [0, 0.05) is 51.2 Å². The number of aromatic nitrogens is 2. The number of nitrogens with zero attached hydrogens (tertiary/aromatic N) is 4. The summed E-state index contributed by atoms with van der Waals surface area (Å²) in [5.74, 6) is 0.306. The molecule has 4 amide bonds. The van der Waals surface area contributed by atoms with Crippen molar-refractivity contribution in [3.8, 4) is 22.4 Å². The summed E-state index contributed by atoms with van der Waals surface area (Å²) in [4.78, 5) is 68.7. The number of carbonyl (C=O) groups excluding carboxylic acids is 4. The van der Waals surface area contributed by atoms with E-state index in [1.54, 1.807) is 18.7 Å². The number of ether oxygens (including phenoxy) is 4. The topological polar surface area (TPSA) is 177 Å². The molecule has 6 atom stereocenters. The Morgan fingerprint density at radius 2 is 1.20 bits per heavy atom. The van der Waals surface area contributed by atoms with Gasteiger partial charge in [0.05, 0.1) is 50.4 Å². The maximum absolute atomic E-state index is 13.8. The summed E-state index contributed by atoms with van der Waals surface area (Å²) >= 11 is 0. The van der Waals surface area contributed by atoms with Crippen LogP contribution in [-0.2, 0) is 54.2 Å². The summed E-state index contributed by atoms with van der Waals surface area (Å²) in [5.41, 5.74) is 13.4. The number of alkyl carbamates (subject to hydrolysis) is 2. The largest absolute Gasteiger partial charge is 0.453 e. The molecule has 0 spiro atoms. The molecule has 2 aliphatic carbocycles. The van der Waals surface area contributed by atoms with E-state index in [9.17, 15) is 19.2 Å². The molecule has 15 heteroatoms. The number of hydrogen-bond acceptors (Lipinski definition) is 10. The first-order valence-electron chi connectivity index (χ1n) is 21.0. The quantitative estimate of drug-likeness (QED) is 0.219. The normalized spacial score (nSPS) is 21.0. The van der Waals surface area contributed by atoms with Crippen molar-refractivity contribution in [2.45, 2.75) is 108 Å². The number of aliphatic imine (C=N–C) groups is 1. The van der Waals surface area contributed by atoms with Crippen LogP contribution in [0.1, 0.15) is 85.6 Å². The van der Waals surface area contributed by atoms with E-state index >= 15 is 0 Å². The fourth-order valence-electron chi connectivity index (χ4n) is 9.78. The number of likely N-dealkylation sites (tertiary alicyclic amines) is 2. The smallest absolute Gasteiger partial charge is 0.407 e. The maximum atomic E-state index is 13.8. The number of carbonyl (C=O) groups is 4. The molecular formula is C45H55N7O8. The van der Waals surface area contributed by atoms with Crippen molar-refractivity contribution in [2.75, 3.05) is 41.5 Å². The number of allylic oxidation sites excluding steroid dienone is 1. The van der Waals surface area contributed by atoms with E-state index in [2.05, 4.69) is 39.9 Å². The SMILES string of the molecule is COC(=O)N[C@H](C(=O)N1CCC[C@H]1C1=NC=C(c2cc3c4c(c2)CCc2cc(-c5cnc([C@@H]6CCCN6C(=O)[C@@H](NC(=O)OC)[C@@H](C)OC)[nH]5)cc(c2-4)CC3)C1)[C@@H](C)OC. The molecule has 5 aliphatic rings. The predicted molar refractivity (Wildman–Crippen MR) is 224 cm³/mol. The van der Waals surface area contributed by atoms with Crippen LogP contribution in [0.25, 0.3) is 28.0 Å². The van der Waals surface area contributed by atoms with Crippen molar-refractivity contribution in [1.82, 2.24) is 30.4 Å². The Hall–Kier alpha value is -5.54. The zero-order valence-electron chi connectivity index (χ0n) is 35.3. The summed E-state index contributed by atoms with van der Waals surface area (Å²) in [7, 11) is 5.59. The van der Waals surface area contributed by atoms with E-state index in [4.69, 9.17) is 28.9 Å². The maximum Gasteiger partial charge on any atom is 0.407 e. The van der Waals surface area contributed by atoms with Crippen molar-refractivity contribution in [3.63, 3.8) is 0 Å². The highest BCUT2D eigenvalue weighted by Crippen LogP contribution is 2.46. The Kier molecular flexibility index (Phi) is 11.8. The molecule has 1 aromatic heterocycles. The van der Waals surface area contributed by atoms with Gasteiger partial charge in [-0.15, -0.1) is 0 Å². The monoisotopic (exact) mass is 821 g/mol. The number of H-pyrrole nitrogens is 1. The average Bonchev–Trinajstić information content (AvgIpc) is 4.12. The molecule has 4 heterocycles. The van der Waals surface area contributed by atoms with Crippen LogP contribution in [0.2, 0.25) is 0 Å². The Bertz CT molecular complexity index is 2200. The van der Waals surface area contributed by atoms with Gasteiger partial charge in [0.25, 0.3) is 0 Å². The van der Waals surface area contributed by atoms with Crippen molar-refractivity contribution < 1.29 is 38.1 Å². The van der Waals surface area contributed by atoms with E-state index in [0.717, 1.165) is 79.7 Å². The number of aryl methyl sites for hydroxylation is 4. The second-order valence-electron chi connectivity index (χ2n) is 16.5. The molecular weight excluding hydrogens is 767 g/mol. The minimum Gasteiger partial charge on any atom is -0.453 e. The Morgan fingerprint density at radius 1 is 0.717 bits per heavy atom. The van der Waals surface area contributed by atoms with Crippen molar-refractivity contribution >= 4 is 35.3 Å². The number of amides is 4. The second-order valence-corrected chi connectivity index (χ2v) is 16.5. The molecule has 2 fully saturated rings. The first-order valence-corrected chi connectivity index (χ1v) is 21.0. The van der Waals surface area contributed by atoms with Crippen LogP contribution in [0.15, 0.2) is 41.7 Å². The zero-order chi connectivity index (χ0) is 42.2. The van der Waals surface area contributed by atoms with Crippen LogP contribution < -0.4 is 10.6 Å². The standard InChI is InChI=1S/C45H55N7O8/c1-24(57-3)39(49-44(55)59-5)42(53)51-15-7-9-35(51)33-21-32(22-46-33)30-17-26-11-13-28-19-31(20-29-14-12-27(18-30)37(26)38(28)29)34-23-47-41(48-34)36-10-8-16-52(36)43(54)40(25(2)58-4)50-45(56)60-6/h17-20,22-25,35-36,39-40H,7-16,21H2,1-6H3,(H,47,48)(H,49,55)(H,50,56)/t24-,25-,35+,36+,39+,40+/m1/s1. The van der Waals surface area contributed by atoms with Crippen LogP contribution in [0.4, 0.5) is 9.59 Å². The number of benzene rings is 2. The van der Waals surface area contributed by atoms with E-state index < -0.39 is 36.5 Å². The van der Waals surface area contributed by atoms with Crippen molar-refractivity contribution in [3.05, 3.63) is 70.3 Å². The van der Waals surface area contributed by atoms with Gasteiger partial charge in [0.2, 0.25) is 11.8 Å². The molecule has 318 valence electrons. The summed E-state index contributed by atoms with van der Waals surface area (Å²) in [6.45, 7) is 4.66. The first kappa shape index (κ1) is 41.2. The molecule has 2 saturated heterocycles. The number of hydrogen-bond donors (Lipinski definition) is 3. The minimum atomic E-state index is -0.890. The molecule has 0 saturated carbocycles. The molecule has 0 bridgehead atoms. The summed E-state index contributed by atoms with van der Waals surface area (Å²) in [5, 5.41) is 5.33. The molecule has 0 unspecified atom stereocenters. The summed E-state index contributed by atoms with van der Waals surface area (Å²) in [6.07, 6.45) is 9.04. The van der Waals surface area contributed by atoms with Gasteiger partial charge in [-0.2, -0.15) is 0 Å². The third-order valence-electron chi connectivity index (χ3n) is 13.1. The van der Waals surface area contributed by atoms with Gasteiger partial charge in [0.1, 0.15) is 17.9 Å². The number of imidazole rings is 1. The molecule has 3 aromatic rings. The van der Waals surface area contributed by atoms with E-state index in [0.29, 0.717) is 19.5 Å². The van der Waals surface area contributed by atoms with Gasteiger partial charge in [0.15, 0.2) is 0 Å². The molecule has 15 nitrogen and oxygen atoms in total. The van der Waals surface area contributed by atoms with E-state index in [-0.39, 0.29) is 23.9 Å². The van der Waals surface area contributed by atoms with E-state index in [1.165, 1.54) is 67.4 Å². The highest BCUT2D eigenvalue weighted by molar-refractivity contribution is 6.04. The summed E-state index contributed by atoms with van der Waals surface area (Å²) in [6, 6.07) is 7.13. The Morgan fingerprint density at radius 3 is 1.70 bits per heavy atom. The van der Waals surface area contributed by atoms with Crippen LogP contribution in [0.3, 0.4) is 0 Å². The first-order chi connectivity index (χ1) is 29.0. The molecule has 2 aromatic carbocycles. The Balaban J connectivity index is 0.982. The molecule has 3 N–H and O–H groups in total. The van der Waals surface area contributed by atoms with Crippen LogP contribution in [0, 0.1) is 0 Å². The summed E-state index contributed by atoms with van der Waals surface area (Å²) < 4.78 is 20.5. The van der Waals surface area contributed by atoms with Gasteiger partial charge in [-0.1, -0.05) is 12.1 Å². The average molecular weight is 822 g/mol. The lowest BCUT2D eigenvalue weighted by Gasteiger charge is -2.32. The van der Waals surface area contributed by atoms with Crippen LogP contribution in [-0.4, -0.2) is 121 Å². The van der Waals surface area contributed by atoms with Gasteiger partial charge < -0.3 is 44.4 Å². The minimum absolute atomic E-state index is 0.144. The lowest BCUT2D eigenvalue weighted by molar-refractivity contribution is -0.138. The Labute approximate surface area is 350 Å². The van der Waals surface area contributed by atoms with Gasteiger partial charge in [-0.3, -0.25) is 14.6 Å². The van der Waals surface area contributed by atoms with Gasteiger partial charge in [-0.25, -0.2) is 14.6 Å². The second kappa shape index (κ2) is 17.2. The lowest BCUT2D eigenvalue weighted by atomic mass is 9.73. The molecule has 8 rings (SSSR count). The predicted octanol–water partition coefficient (Wildman–Crippen LogP) is 5.30. The molecule has 0 radical (unpaired) electrons. The van der Waals surface area contributed by atoms with Crippen LogP contribution in [0.5, 0.6) is 0 Å². The fourth-order valence-corrected chi connectivity index (χ4v) is 9.78. The van der Waals surface area contributed by atoms with Crippen LogP contribution >= 0.6 is 0 Å². The van der Waals surface area contributed by atoms with Crippen molar-refractivity contribution in [1.29, 1.82) is 0 Å². The zero-order valence-corrected chi connectivity index (χ0v) is 35.3. The third kappa shape index (κ3) is 7.68. The highest BCUT2D eigenvalue weighted by Gasteiger charge is 2.41. The van der Waals surface area contributed by atoms with Gasteiger partial charge in [-0.05, 0) is 122 Å². The van der Waals surface area contributed by atoms with Crippen molar-refractivity contribution in [2.24, 2.45) is 4.99 Å². The molecule has 3 aliphatic heterocycles. The third-order valence-corrected chi connectivity index (χ3v) is 13.1. The van der Waals surface area contributed by atoms with E-state index in [1.807, 2.05) is 17.3 Å². The van der Waals surface area contributed by atoms with Gasteiger partial charge >= 0.3 is 12.2 Å².